The largest absolute Gasteiger partial charge is 0.444 e. The van der Waals surface area contributed by atoms with Crippen LogP contribution in [0.5, 0.6) is 0 Å². The van der Waals surface area contributed by atoms with Gasteiger partial charge in [0.05, 0.1) is 0 Å². The van der Waals surface area contributed by atoms with E-state index in [1.807, 2.05) is 26.8 Å². The first kappa shape index (κ1) is 19.5. The Morgan fingerprint density at radius 1 is 1.26 bits per heavy atom. The van der Waals surface area contributed by atoms with Crippen LogP contribution in [0.4, 0.5) is 4.79 Å². The van der Waals surface area contributed by atoms with Crippen LogP contribution < -0.4 is 5.32 Å². The second-order valence-corrected chi connectivity index (χ2v) is 6.96. The van der Waals surface area contributed by atoms with Gasteiger partial charge in [-0.15, -0.1) is 0 Å². The normalized spacial score (nSPS) is 12.7. The summed E-state index contributed by atoms with van der Waals surface area (Å²) < 4.78 is 5.35. The Labute approximate surface area is 141 Å². The zero-order chi connectivity index (χ0) is 17.3. The number of carbonyl (C=O) groups is 1. The second kappa shape index (κ2) is 9.56. The maximum atomic E-state index is 11.9. The first-order valence-corrected chi connectivity index (χ1v) is 8.56. The molecule has 0 fully saturated rings. The van der Waals surface area contributed by atoms with Crippen molar-refractivity contribution in [1.29, 1.82) is 0 Å². The minimum Gasteiger partial charge on any atom is -0.444 e. The molecule has 0 aliphatic carbocycles. The van der Waals surface area contributed by atoms with Crippen molar-refractivity contribution in [1.82, 2.24) is 10.2 Å². The van der Waals surface area contributed by atoms with Gasteiger partial charge >= 0.3 is 6.09 Å². The molecule has 0 spiro atoms. The summed E-state index contributed by atoms with van der Waals surface area (Å²) in [4.78, 5) is 13.5. The summed E-state index contributed by atoms with van der Waals surface area (Å²) in [5.74, 6) is 0. The number of hydrogen-bond donors (Lipinski definition) is 1. The lowest BCUT2D eigenvalue weighted by molar-refractivity contribution is 0.0297. The molecule has 0 bridgehead atoms. The maximum absolute atomic E-state index is 11.9. The van der Waals surface area contributed by atoms with Crippen LogP contribution in [0.2, 0.25) is 0 Å². The van der Waals surface area contributed by atoms with Crippen molar-refractivity contribution in [3.8, 4) is 0 Å². The number of nitrogens with zero attached hydrogens (tertiary/aromatic N) is 1. The molecule has 0 saturated carbocycles. The van der Waals surface area contributed by atoms with Crippen LogP contribution in [-0.2, 0) is 4.74 Å². The van der Waals surface area contributed by atoms with Crippen LogP contribution in [0, 0.1) is 0 Å². The molecule has 1 unspecified atom stereocenters. The monoisotopic (exact) mass is 320 g/mol. The van der Waals surface area contributed by atoms with Gasteiger partial charge in [-0.3, -0.25) is 0 Å². The van der Waals surface area contributed by atoms with Gasteiger partial charge in [0.1, 0.15) is 5.60 Å². The fraction of sp³-hybridized carbons (Fsp3) is 0.632. The maximum Gasteiger partial charge on any atom is 0.410 e. The van der Waals surface area contributed by atoms with Crippen LogP contribution in [0.15, 0.2) is 30.3 Å². The SMILES string of the molecule is CCCC(NCCCN(C)C(=O)OC(C)(C)C)c1ccccc1. The molecule has 1 amide bonds. The molecule has 1 atom stereocenters. The highest BCUT2D eigenvalue weighted by molar-refractivity contribution is 5.67. The smallest absolute Gasteiger partial charge is 0.410 e. The molecule has 0 aliphatic rings. The van der Waals surface area contributed by atoms with Crippen LogP contribution in [-0.4, -0.2) is 36.7 Å². The molecule has 1 rings (SSSR count). The molecular formula is C19H32N2O2. The zero-order valence-corrected chi connectivity index (χ0v) is 15.3. The lowest BCUT2D eigenvalue weighted by atomic mass is 10.0. The molecule has 1 aromatic carbocycles. The van der Waals surface area contributed by atoms with Gasteiger partial charge < -0.3 is 15.0 Å². The standard InChI is InChI=1S/C19H32N2O2/c1-6-11-17(16-12-8-7-9-13-16)20-14-10-15-21(5)18(22)23-19(2,3)4/h7-9,12-13,17,20H,6,10-11,14-15H2,1-5H3. The van der Waals surface area contributed by atoms with E-state index in [-0.39, 0.29) is 6.09 Å². The van der Waals surface area contributed by atoms with E-state index in [0.29, 0.717) is 12.6 Å². The van der Waals surface area contributed by atoms with E-state index in [1.54, 1.807) is 11.9 Å². The highest BCUT2D eigenvalue weighted by atomic mass is 16.6. The van der Waals surface area contributed by atoms with Crippen molar-refractivity contribution in [3.05, 3.63) is 35.9 Å². The summed E-state index contributed by atoms with van der Waals surface area (Å²) in [6.07, 6.45) is 2.91. The number of hydrogen-bond acceptors (Lipinski definition) is 3. The molecule has 23 heavy (non-hydrogen) atoms. The number of carbonyl (C=O) groups excluding carboxylic acids is 1. The van der Waals surface area contributed by atoms with Crippen molar-refractivity contribution in [3.63, 3.8) is 0 Å². The van der Waals surface area contributed by atoms with E-state index in [9.17, 15) is 4.79 Å². The summed E-state index contributed by atoms with van der Waals surface area (Å²) in [5.41, 5.74) is 0.887. The predicted molar refractivity (Wildman–Crippen MR) is 95.6 cm³/mol. The van der Waals surface area contributed by atoms with Crippen molar-refractivity contribution >= 4 is 6.09 Å². The lowest BCUT2D eigenvalue weighted by Crippen LogP contribution is -2.35. The summed E-state index contributed by atoms with van der Waals surface area (Å²) in [6, 6.07) is 10.9. The predicted octanol–water partition coefficient (Wildman–Crippen LogP) is 4.37. The average Bonchev–Trinajstić information content (AvgIpc) is 2.49. The van der Waals surface area contributed by atoms with Crippen molar-refractivity contribution < 1.29 is 9.53 Å². The highest BCUT2D eigenvalue weighted by Crippen LogP contribution is 2.17. The van der Waals surface area contributed by atoms with Gasteiger partial charge in [0.2, 0.25) is 0 Å². The fourth-order valence-corrected chi connectivity index (χ4v) is 2.38. The zero-order valence-electron chi connectivity index (χ0n) is 15.3. The minimum atomic E-state index is -0.441. The molecule has 0 heterocycles. The van der Waals surface area contributed by atoms with Crippen molar-refractivity contribution in [2.24, 2.45) is 0 Å². The number of amides is 1. The van der Waals surface area contributed by atoms with E-state index >= 15 is 0 Å². The van der Waals surface area contributed by atoms with Crippen LogP contribution in [0.25, 0.3) is 0 Å². The Hall–Kier alpha value is -1.55. The average molecular weight is 320 g/mol. The Morgan fingerprint density at radius 3 is 2.48 bits per heavy atom. The number of benzene rings is 1. The van der Waals surface area contributed by atoms with Gasteiger partial charge in [-0.25, -0.2) is 4.79 Å². The van der Waals surface area contributed by atoms with Crippen molar-refractivity contribution in [2.45, 2.75) is 58.6 Å². The van der Waals surface area contributed by atoms with Gasteiger partial charge in [-0.2, -0.15) is 0 Å². The van der Waals surface area contributed by atoms with Gasteiger partial charge in [0.15, 0.2) is 0 Å². The van der Waals surface area contributed by atoms with Crippen LogP contribution >= 0.6 is 0 Å². The molecule has 0 saturated heterocycles. The van der Waals surface area contributed by atoms with E-state index in [0.717, 1.165) is 25.8 Å². The first-order chi connectivity index (χ1) is 10.8. The number of nitrogens with one attached hydrogen (secondary N) is 1. The summed E-state index contributed by atoms with van der Waals surface area (Å²) >= 11 is 0. The lowest BCUT2D eigenvalue weighted by Gasteiger charge is -2.25. The van der Waals surface area contributed by atoms with Crippen LogP contribution in [0.1, 0.15) is 58.6 Å². The van der Waals surface area contributed by atoms with Crippen molar-refractivity contribution in [2.75, 3.05) is 20.1 Å². The van der Waals surface area contributed by atoms with E-state index in [4.69, 9.17) is 4.74 Å². The molecule has 4 heteroatoms. The molecule has 1 aromatic rings. The third-order valence-electron chi connectivity index (χ3n) is 3.55. The Kier molecular flexibility index (Phi) is 8.10. The number of rotatable bonds is 8. The molecule has 4 nitrogen and oxygen atoms in total. The Morgan fingerprint density at radius 2 is 1.91 bits per heavy atom. The van der Waals surface area contributed by atoms with E-state index < -0.39 is 5.60 Å². The van der Waals surface area contributed by atoms with Gasteiger partial charge in [-0.1, -0.05) is 43.7 Å². The minimum absolute atomic E-state index is 0.259. The topological polar surface area (TPSA) is 41.6 Å². The summed E-state index contributed by atoms with van der Waals surface area (Å²) in [5, 5.41) is 3.60. The second-order valence-electron chi connectivity index (χ2n) is 6.96. The molecule has 1 N–H and O–H groups in total. The van der Waals surface area contributed by atoms with E-state index in [1.165, 1.54) is 5.56 Å². The molecule has 0 radical (unpaired) electrons. The molecular weight excluding hydrogens is 288 g/mol. The molecule has 130 valence electrons. The molecule has 0 aromatic heterocycles. The van der Waals surface area contributed by atoms with Gasteiger partial charge in [0, 0.05) is 19.6 Å². The highest BCUT2D eigenvalue weighted by Gasteiger charge is 2.19. The quantitative estimate of drug-likeness (QED) is 0.723. The third-order valence-corrected chi connectivity index (χ3v) is 3.55. The van der Waals surface area contributed by atoms with Crippen LogP contribution in [0.3, 0.4) is 0 Å². The third kappa shape index (κ3) is 8.03. The first-order valence-electron chi connectivity index (χ1n) is 8.56. The Bertz CT molecular complexity index is 454. The summed E-state index contributed by atoms with van der Waals surface area (Å²) in [7, 11) is 1.79. The number of ether oxygens (including phenoxy) is 1. The fourth-order valence-electron chi connectivity index (χ4n) is 2.38. The van der Waals surface area contributed by atoms with Gasteiger partial charge in [0.25, 0.3) is 0 Å². The van der Waals surface area contributed by atoms with Gasteiger partial charge in [-0.05, 0) is 45.7 Å². The molecule has 0 aliphatic heterocycles. The van der Waals surface area contributed by atoms with E-state index in [2.05, 4.69) is 36.5 Å². The summed E-state index contributed by atoms with van der Waals surface area (Å²) in [6.45, 7) is 9.43. The Balaban J connectivity index is 2.35.